The number of amides is 1. The van der Waals surface area contributed by atoms with Crippen LogP contribution in [0.4, 0.5) is 18.9 Å². The fourth-order valence-corrected chi connectivity index (χ4v) is 1.55. The first-order chi connectivity index (χ1) is 9.96. The average molecular weight is 296 g/mol. The molecule has 0 saturated carbocycles. The van der Waals surface area contributed by atoms with Crippen molar-refractivity contribution in [2.45, 2.75) is 6.18 Å². The van der Waals surface area contributed by atoms with E-state index >= 15 is 0 Å². The Kier molecular flexibility index (Phi) is 4.42. The van der Waals surface area contributed by atoms with Crippen LogP contribution < -0.4 is 10.1 Å². The Bertz CT molecular complexity index is 615. The summed E-state index contributed by atoms with van der Waals surface area (Å²) in [6.45, 7) is -1.42. The van der Waals surface area contributed by atoms with Gasteiger partial charge in [0, 0.05) is 18.0 Å². The lowest BCUT2D eigenvalue weighted by Crippen LogP contribution is -2.20. The first-order valence-electron chi connectivity index (χ1n) is 5.96. The summed E-state index contributed by atoms with van der Waals surface area (Å²) in [5.41, 5.74) is 0.513. The Morgan fingerprint density at radius 3 is 2.48 bits per heavy atom. The van der Waals surface area contributed by atoms with Crippen LogP contribution in [0.15, 0.2) is 48.8 Å². The predicted octanol–water partition coefficient (Wildman–Crippen LogP) is 3.28. The summed E-state index contributed by atoms with van der Waals surface area (Å²) >= 11 is 0. The summed E-state index contributed by atoms with van der Waals surface area (Å²) in [6, 6.07) is 8.91. The van der Waals surface area contributed by atoms with E-state index in [0.717, 1.165) is 0 Å². The van der Waals surface area contributed by atoms with Gasteiger partial charge in [-0.3, -0.25) is 9.78 Å². The van der Waals surface area contributed by atoms with Gasteiger partial charge in [0.05, 0.1) is 5.69 Å². The van der Waals surface area contributed by atoms with Crippen LogP contribution in [0.2, 0.25) is 0 Å². The van der Waals surface area contributed by atoms with E-state index in [1.807, 2.05) is 0 Å². The molecule has 1 amide bonds. The number of benzene rings is 1. The molecule has 0 saturated heterocycles. The van der Waals surface area contributed by atoms with Gasteiger partial charge in [-0.1, -0.05) is 12.1 Å². The highest BCUT2D eigenvalue weighted by Gasteiger charge is 2.28. The number of aromatic nitrogens is 1. The van der Waals surface area contributed by atoms with Crippen LogP contribution in [0.3, 0.4) is 0 Å². The fraction of sp³-hybridized carbons (Fsp3) is 0.143. The van der Waals surface area contributed by atoms with Gasteiger partial charge in [-0.15, -0.1) is 0 Å². The van der Waals surface area contributed by atoms with Crippen LogP contribution in [-0.2, 0) is 0 Å². The number of hydrogen-bond donors (Lipinski definition) is 1. The summed E-state index contributed by atoms with van der Waals surface area (Å²) in [4.78, 5) is 15.7. The molecule has 2 aromatic rings. The Hall–Kier alpha value is -2.57. The molecular formula is C14H11F3N2O2. The maximum Gasteiger partial charge on any atom is 0.422 e. The number of pyridine rings is 1. The zero-order valence-corrected chi connectivity index (χ0v) is 10.7. The molecule has 2 rings (SSSR count). The van der Waals surface area contributed by atoms with Gasteiger partial charge in [0.1, 0.15) is 5.75 Å². The highest BCUT2D eigenvalue weighted by atomic mass is 19.4. The molecule has 21 heavy (non-hydrogen) atoms. The number of carbonyl (C=O) groups excluding carboxylic acids is 1. The first-order valence-corrected chi connectivity index (χ1v) is 5.96. The lowest BCUT2D eigenvalue weighted by Gasteiger charge is -2.13. The summed E-state index contributed by atoms with van der Waals surface area (Å²) in [5.74, 6) is -0.502. The monoisotopic (exact) mass is 296 g/mol. The van der Waals surface area contributed by atoms with Gasteiger partial charge in [0.25, 0.3) is 5.91 Å². The van der Waals surface area contributed by atoms with E-state index in [1.54, 1.807) is 6.07 Å². The van der Waals surface area contributed by atoms with Gasteiger partial charge in [0.15, 0.2) is 6.61 Å². The van der Waals surface area contributed by atoms with Crippen molar-refractivity contribution in [3.8, 4) is 5.75 Å². The molecule has 1 heterocycles. The molecule has 1 N–H and O–H groups in total. The minimum atomic E-state index is -4.44. The van der Waals surface area contributed by atoms with E-state index in [1.165, 1.54) is 42.7 Å². The van der Waals surface area contributed by atoms with E-state index < -0.39 is 18.7 Å². The van der Waals surface area contributed by atoms with Gasteiger partial charge < -0.3 is 10.1 Å². The standard InChI is InChI=1S/C14H11F3N2O2/c15-14(16,17)9-21-12-4-2-1-3-11(12)19-13(20)10-5-7-18-8-6-10/h1-8H,9H2,(H,19,20). The third-order valence-corrected chi connectivity index (χ3v) is 2.47. The predicted molar refractivity (Wildman–Crippen MR) is 70.2 cm³/mol. The second kappa shape index (κ2) is 6.25. The molecule has 0 unspecified atom stereocenters. The molecule has 0 bridgehead atoms. The topological polar surface area (TPSA) is 51.2 Å². The van der Waals surface area contributed by atoms with Gasteiger partial charge in [0.2, 0.25) is 0 Å². The lowest BCUT2D eigenvalue weighted by molar-refractivity contribution is -0.153. The van der Waals surface area contributed by atoms with Crippen LogP contribution in [0.25, 0.3) is 0 Å². The van der Waals surface area contributed by atoms with E-state index in [9.17, 15) is 18.0 Å². The second-order valence-corrected chi connectivity index (χ2v) is 4.09. The SMILES string of the molecule is O=C(Nc1ccccc1OCC(F)(F)F)c1ccncc1. The Morgan fingerprint density at radius 2 is 1.81 bits per heavy atom. The molecule has 0 atom stereocenters. The number of hydrogen-bond acceptors (Lipinski definition) is 3. The minimum absolute atomic E-state index is 0.0442. The summed E-state index contributed by atoms with van der Waals surface area (Å²) < 4.78 is 41.2. The number of carbonyl (C=O) groups is 1. The van der Waals surface area contributed by atoms with Crippen molar-refractivity contribution in [1.29, 1.82) is 0 Å². The molecule has 0 radical (unpaired) electrons. The van der Waals surface area contributed by atoms with E-state index in [0.29, 0.717) is 5.56 Å². The quantitative estimate of drug-likeness (QED) is 0.942. The average Bonchev–Trinajstić information content (AvgIpc) is 2.46. The second-order valence-electron chi connectivity index (χ2n) is 4.09. The van der Waals surface area contributed by atoms with Crippen molar-refractivity contribution in [2.75, 3.05) is 11.9 Å². The normalized spacial score (nSPS) is 11.0. The number of nitrogens with zero attached hydrogens (tertiary/aromatic N) is 1. The maximum atomic E-state index is 12.2. The Labute approximate surface area is 118 Å². The van der Waals surface area contributed by atoms with Gasteiger partial charge in [-0.25, -0.2) is 0 Å². The van der Waals surface area contributed by atoms with Crippen molar-refractivity contribution in [2.24, 2.45) is 0 Å². The van der Waals surface area contributed by atoms with Crippen molar-refractivity contribution in [1.82, 2.24) is 4.98 Å². The highest BCUT2D eigenvalue weighted by Crippen LogP contribution is 2.26. The Morgan fingerprint density at radius 1 is 1.14 bits per heavy atom. The molecule has 0 aliphatic rings. The number of nitrogens with one attached hydrogen (secondary N) is 1. The van der Waals surface area contributed by atoms with Crippen LogP contribution in [0, 0.1) is 0 Å². The summed E-state index contributed by atoms with van der Waals surface area (Å²) in [5, 5.41) is 2.50. The van der Waals surface area contributed by atoms with Crippen molar-refractivity contribution >= 4 is 11.6 Å². The summed E-state index contributed by atoms with van der Waals surface area (Å²) in [6.07, 6.45) is -1.55. The molecule has 0 fully saturated rings. The number of anilines is 1. The lowest BCUT2D eigenvalue weighted by atomic mass is 10.2. The van der Waals surface area contributed by atoms with Crippen LogP contribution in [-0.4, -0.2) is 23.7 Å². The molecule has 7 heteroatoms. The van der Waals surface area contributed by atoms with E-state index in [2.05, 4.69) is 15.0 Å². The van der Waals surface area contributed by atoms with Crippen molar-refractivity contribution in [3.05, 3.63) is 54.4 Å². The number of alkyl halides is 3. The molecule has 0 aliphatic heterocycles. The number of ether oxygens (including phenoxy) is 1. The smallest absolute Gasteiger partial charge is 0.422 e. The van der Waals surface area contributed by atoms with Crippen LogP contribution >= 0.6 is 0 Å². The maximum absolute atomic E-state index is 12.2. The Balaban J connectivity index is 2.11. The van der Waals surface area contributed by atoms with E-state index in [4.69, 9.17) is 0 Å². The van der Waals surface area contributed by atoms with Crippen molar-refractivity contribution in [3.63, 3.8) is 0 Å². The number of para-hydroxylation sites is 2. The molecule has 1 aromatic carbocycles. The first kappa shape index (κ1) is 14.8. The molecule has 1 aromatic heterocycles. The van der Waals surface area contributed by atoms with Gasteiger partial charge in [-0.05, 0) is 24.3 Å². The van der Waals surface area contributed by atoms with Crippen LogP contribution in [0.1, 0.15) is 10.4 Å². The third-order valence-electron chi connectivity index (χ3n) is 2.47. The van der Waals surface area contributed by atoms with E-state index in [-0.39, 0.29) is 11.4 Å². The molecule has 110 valence electrons. The zero-order valence-electron chi connectivity index (χ0n) is 10.7. The fourth-order valence-electron chi connectivity index (χ4n) is 1.55. The van der Waals surface area contributed by atoms with Gasteiger partial charge >= 0.3 is 6.18 Å². The number of halogens is 3. The number of rotatable bonds is 4. The molecular weight excluding hydrogens is 285 g/mol. The minimum Gasteiger partial charge on any atom is -0.482 e. The van der Waals surface area contributed by atoms with Crippen LogP contribution in [0.5, 0.6) is 5.75 Å². The van der Waals surface area contributed by atoms with Crippen molar-refractivity contribution < 1.29 is 22.7 Å². The third kappa shape index (κ3) is 4.48. The molecule has 0 spiro atoms. The highest BCUT2D eigenvalue weighted by molar-refractivity contribution is 6.04. The largest absolute Gasteiger partial charge is 0.482 e. The summed E-state index contributed by atoms with van der Waals surface area (Å²) in [7, 11) is 0. The van der Waals surface area contributed by atoms with Gasteiger partial charge in [-0.2, -0.15) is 13.2 Å². The molecule has 0 aliphatic carbocycles. The zero-order chi connectivity index (χ0) is 15.3. The molecule has 4 nitrogen and oxygen atoms in total.